The summed E-state index contributed by atoms with van der Waals surface area (Å²) in [5, 5.41) is 3.55. The van der Waals surface area contributed by atoms with E-state index in [0.29, 0.717) is 23.0 Å². The Labute approximate surface area is 175 Å². The molecule has 0 aliphatic carbocycles. The van der Waals surface area contributed by atoms with Gasteiger partial charge < -0.3 is 5.32 Å². The highest BCUT2D eigenvalue weighted by molar-refractivity contribution is 6.06. The number of nitrogens with zero attached hydrogens (tertiary/aromatic N) is 1. The number of aryl methyl sites for hydroxylation is 1. The quantitative estimate of drug-likeness (QED) is 0.457. The molecule has 1 N–H and O–H groups in total. The average molecular weight is 398 g/mol. The number of nitrogens with one attached hydrogen (secondary N) is 1. The third-order valence-corrected chi connectivity index (χ3v) is 5.27. The van der Waals surface area contributed by atoms with E-state index in [1.807, 2.05) is 43.3 Å². The first-order valence-corrected chi connectivity index (χ1v) is 10.1. The van der Waals surface area contributed by atoms with Gasteiger partial charge in [-0.1, -0.05) is 60.7 Å². The first kappa shape index (κ1) is 19.8. The number of hydrogen-bond donors (Lipinski definition) is 1. The maximum atomic E-state index is 13.8. The van der Waals surface area contributed by atoms with E-state index in [4.69, 9.17) is 0 Å². The van der Waals surface area contributed by atoms with Crippen LogP contribution in [0.15, 0.2) is 84.9 Å². The largest absolute Gasteiger partial charge is 0.352 e. The van der Waals surface area contributed by atoms with Crippen molar-refractivity contribution >= 4 is 16.8 Å². The maximum Gasteiger partial charge on any atom is 0.252 e. The summed E-state index contributed by atoms with van der Waals surface area (Å²) in [6.45, 7) is 2.34. The van der Waals surface area contributed by atoms with Gasteiger partial charge in [-0.05, 0) is 48.7 Å². The molecule has 1 heterocycles. The van der Waals surface area contributed by atoms with Gasteiger partial charge in [0.05, 0.1) is 11.1 Å². The van der Waals surface area contributed by atoms with Crippen LogP contribution in [0, 0.1) is 12.7 Å². The zero-order valence-corrected chi connectivity index (χ0v) is 16.8. The highest BCUT2D eigenvalue weighted by Crippen LogP contribution is 2.27. The third kappa shape index (κ3) is 4.38. The number of hydrogen-bond acceptors (Lipinski definition) is 2. The van der Waals surface area contributed by atoms with Gasteiger partial charge in [-0.2, -0.15) is 0 Å². The Bertz CT molecular complexity index is 1120. The highest BCUT2D eigenvalue weighted by Gasteiger charge is 2.16. The summed E-state index contributed by atoms with van der Waals surface area (Å²) in [7, 11) is 0. The number of carbonyl (C=O) groups is 1. The van der Waals surface area contributed by atoms with E-state index in [-0.39, 0.29) is 17.6 Å². The number of halogens is 1. The van der Waals surface area contributed by atoms with Crippen LogP contribution in [0.3, 0.4) is 0 Å². The molecular formula is C26H23FN2O. The minimum Gasteiger partial charge on any atom is -0.352 e. The van der Waals surface area contributed by atoms with Crippen LogP contribution >= 0.6 is 0 Å². The topological polar surface area (TPSA) is 42.0 Å². The molecule has 4 heteroatoms. The summed E-state index contributed by atoms with van der Waals surface area (Å²) in [6, 6.07) is 26.6. The lowest BCUT2D eigenvalue weighted by Gasteiger charge is -2.18. The Morgan fingerprint density at radius 3 is 2.20 bits per heavy atom. The van der Waals surface area contributed by atoms with E-state index in [0.717, 1.165) is 12.1 Å². The summed E-state index contributed by atoms with van der Waals surface area (Å²) in [5.74, 6) is -0.410. The van der Waals surface area contributed by atoms with Crippen molar-refractivity contribution in [3.63, 3.8) is 0 Å². The van der Waals surface area contributed by atoms with Crippen molar-refractivity contribution in [1.29, 1.82) is 0 Å². The van der Waals surface area contributed by atoms with Gasteiger partial charge in [0.2, 0.25) is 0 Å². The van der Waals surface area contributed by atoms with Crippen molar-refractivity contribution in [2.45, 2.75) is 19.3 Å². The van der Waals surface area contributed by atoms with Crippen molar-refractivity contribution in [2.24, 2.45) is 0 Å². The molecule has 0 bridgehead atoms. The number of pyridine rings is 1. The first-order chi connectivity index (χ1) is 14.6. The van der Waals surface area contributed by atoms with Crippen LogP contribution in [0.1, 0.15) is 39.5 Å². The molecule has 0 spiro atoms. The Balaban J connectivity index is 1.53. The van der Waals surface area contributed by atoms with E-state index < -0.39 is 0 Å². The lowest BCUT2D eigenvalue weighted by molar-refractivity contribution is 0.0954. The minimum absolute atomic E-state index is 0.182. The first-order valence-electron chi connectivity index (χ1n) is 10.1. The molecule has 0 fully saturated rings. The molecule has 0 unspecified atom stereocenters. The Morgan fingerprint density at radius 2 is 1.57 bits per heavy atom. The summed E-state index contributed by atoms with van der Waals surface area (Å²) >= 11 is 0. The maximum absolute atomic E-state index is 13.8. The fraction of sp³-hybridized carbons (Fsp3) is 0.154. The number of carbonyl (C=O) groups excluding carboxylic acids is 1. The molecule has 0 saturated heterocycles. The van der Waals surface area contributed by atoms with Crippen molar-refractivity contribution in [3.05, 3.63) is 113 Å². The van der Waals surface area contributed by atoms with E-state index in [9.17, 15) is 9.18 Å². The van der Waals surface area contributed by atoms with E-state index in [1.165, 1.54) is 23.3 Å². The molecule has 4 aromatic rings. The van der Waals surface area contributed by atoms with Crippen LogP contribution in [0.2, 0.25) is 0 Å². The molecule has 0 atom stereocenters. The summed E-state index contributed by atoms with van der Waals surface area (Å²) in [5.41, 5.74) is 4.22. The van der Waals surface area contributed by atoms with Crippen molar-refractivity contribution in [1.82, 2.24) is 10.3 Å². The molecular weight excluding hydrogens is 375 g/mol. The zero-order valence-electron chi connectivity index (χ0n) is 16.8. The summed E-state index contributed by atoms with van der Waals surface area (Å²) in [6.07, 6.45) is 0.760. The number of aromatic nitrogens is 1. The van der Waals surface area contributed by atoms with Gasteiger partial charge >= 0.3 is 0 Å². The van der Waals surface area contributed by atoms with Crippen LogP contribution in [-0.4, -0.2) is 17.4 Å². The predicted molar refractivity (Wildman–Crippen MR) is 118 cm³/mol. The number of rotatable bonds is 6. The van der Waals surface area contributed by atoms with Crippen LogP contribution in [0.5, 0.6) is 0 Å². The smallest absolute Gasteiger partial charge is 0.252 e. The predicted octanol–water partition coefficient (Wildman–Crippen LogP) is 5.63. The summed E-state index contributed by atoms with van der Waals surface area (Å²) in [4.78, 5) is 17.3. The van der Waals surface area contributed by atoms with Gasteiger partial charge in [-0.25, -0.2) is 4.39 Å². The van der Waals surface area contributed by atoms with Gasteiger partial charge in [-0.3, -0.25) is 9.78 Å². The molecule has 3 aromatic carbocycles. The lowest BCUT2D eigenvalue weighted by atomic mass is 9.88. The normalized spacial score (nSPS) is 11.0. The van der Waals surface area contributed by atoms with Crippen molar-refractivity contribution < 1.29 is 9.18 Å². The Hall–Kier alpha value is -3.53. The van der Waals surface area contributed by atoms with Crippen LogP contribution in [-0.2, 0) is 0 Å². The van der Waals surface area contributed by atoms with E-state index in [1.54, 1.807) is 12.1 Å². The fourth-order valence-corrected chi connectivity index (χ4v) is 3.84. The van der Waals surface area contributed by atoms with Gasteiger partial charge in [0.1, 0.15) is 5.82 Å². The molecule has 1 aromatic heterocycles. The Kier molecular flexibility index (Phi) is 5.84. The lowest BCUT2D eigenvalue weighted by Crippen LogP contribution is -2.26. The molecule has 0 aliphatic heterocycles. The Morgan fingerprint density at radius 1 is 0.933 bits per heavy atom. The second-order valence-electron chi connectivity index (χ2n) is 7.39. The number of benzene rings is 3. The third-order valence-electron chi connectivity index (χ3n) is 5.27. The number of amides is 1. The van der Waals surface area contributed by atoms with Gasteiger partial charge in [0, 0.05) is 23.5 Å². The zero-order chi connectivity index (χ0) is 20.9. The van der Waals surface area contributed by atoms with Crippen LogP contribution in [0.4, 0.5) is 4.39 Å². The molecule has 0 radical (unpaired) electrons. The van der Waals surface area contributed by atoms with Crippen molar-refractivity contribution in [2.75, 3.05) is 6.54 Å². The molecule has 0 saturated carbocycles. The standard InChI is InChI=1S/C26H23FN2O/c1-18-16-24(23-17-21(27)12-13-25(23)29-18)26(30)28-15-14-22(19-8-4-2-5-9-19)20-10-6-3-7-11-20/h2-13,16-17,22H,14-15H2,1H3,(H,28,30). The van der Waals surface area contributed by atoms with Crippen molar-refractivity contribution in [3.8, 4) is 0 Å². The van der Waals surface area contributed by atoms with E-state index in [2.05, 4.69) is 34.6 Å². The monoisotopic (exact) mass is 398 g/mol. The molecule has 4 rings (SSSR count). The SMILES string of the molecule is Cc1cc(C(=O)NCCC(c2ccccc2)c2ccccc2)c2cc(F)ccc2n1. The van der Waals surface area contributed by atoms with E-state index >= 15 is 0 Å². The second kappa shape index (κ2) is 8.87. The molecule has 3 nitrogen and oxygen atoms in total. The van der Waals surface area contributed by atoms with Gasteiger partial charge in [0.25, 0.3) is 5.91 Å². The second-order valence-corrected chi connectivity index (χ2v) is 7.39. The summed E-state index contributed by atoms with van der Waals surface area (Å²) < 4.78 is 13.8. The molecule has 30 heavy (non-hydrogen) atoms. The van der Waals surface area contributed by atoms with Gasteiger partial charge in [-0.15, -0.1) is 0 Å². The van der Waals surface area contributed by atoms with Gasteiger partial charge in [0.15, 0.2) is 0 Å². The molecule has 0 aliphatic rings. The minimum atomic E-state index is -0.379. The van der Waals surface area contributed by atoms with Crippen LogP contribution < -0.4 is 5.32 Å². The fourth-order valence-electron chi connectivity index (χ4n) is 3.84. The van der Waals surface area contributed by atoms with Crippen LogP contribution in [0.25, 0.3) is 10.9 Å². The molecule has 1 amide bonds. The molecule has 150 valence electrons. The number of fused-ring (bicyclic) bond motifs is 1. The average Bonchev–Trinajstić information content (AvgIpc) is 2.77. The highest BCUT2D eigenvalue weighted by atomic mass is 19.1.